The van der Waals surface area contributed by atoms with Crippen molar-refractivity contribution in [2.75, 3.05) is 19.6 Å². The van der Waals surface area contributed by atoms with Crippen LogP contribution in [0.3, 0.4) is 0 Å². The molecule has 0 aliphatic heterocycles. The summed E-state index contributed by atoms with van der Waals surface area (Å²) in [7, 11) is 2.98. The summed E-state index contributed by atoms with van der Waals surface area (Å²) in [5.74, 6) is 0.515. The number of benzene rings is 2. The van der Waals surface area contributed by atoms with Crippen LogP contribution in [0.15, 0.2) is 52.9 Å². The lowest BCUT2D eigenvalue weighted by molar-refractivity contribution is -0.132. The van der Waals surface area contributed by atoms with Gasteiger partial charge < -0.3 is 14.2 Å². The van der Waals surface area contributed by atoms with Crippen LogP contribution < -0.4 is 19.6 Å². The second-order valence-electron chi connectivity index (χ2n) is 5.62. The fourth-order valence-corrected chi connectivity index (χ4v) is 3.12. The zero-order valence-electron chi connectivity index (χ0n) is 15.6. The lowest BCUT2D eigenvalue weighted by atomic mass is 10.2. The SMILES string of the molecule is COc1cc(/C=N\Nc2nc(-c3ccccc3)cs2)cc(OC)c1OC(C)=O. The first kappa shape index (κ1) is 19.4. The molecule has 8 heteroatoms. The first-order chi connectivity index (χ1) is 13.6. The molecule has 0 unspecified atom stereocenters. The van der Waals surface area contributed by atoms with Crippen molar-refractivity contribution >= 4 is 28.7 Å². The van der Waals surface area contributed by atoms with Crippen LogP contribution in [-0.4, -0.2) is 31.4 Å². The number of hydrazone groups is 1. The summed E-state index contributed by atoms with van der Waals surface area (Å²) >= 11 is 1.46. The molecule has 0 radical (unpaired) electrons. The number of rotatable bonds is 7. The predicted octanol–water partition coefficient (Wildman–Crippen LogP) is 4.20. The Balaban J connectivity index is 1.75. The van der Waals surface area contributed by atoms with E-state index in [4.69, 9.17) is 14.2 Å². The first-order valence-corrected chi connectivity index (χ1v) is 9.23. The largest absolute Gasteiger partial charge is 0.493 e. The van der Waals surface area contributed by atoms with Gasteiger partial charge in [0.2, 0.25) is 10.9 Å². The molecule has 0 amide bonds. The van der Waals surface area contributed by atoms with E-state index in [1.165, 1.54) is 32.5 Å². The van der Waals surface area contributed by atoms with Crippen molar-refractivity contribution in [3.63, 3.8) is 0 Å². The summed E-state index contributed by atoms with van der Waals surface area (Å²) < 4.78 is 15.8. The van der Waals surface area contributed by atoms with Gasteiger partial charge in [-0.2, -0.15) is 5.10 Å². The number of ether oxygens (including phenoxy) is 3. The van der Waals surface area contributed by atoms with Gasteiger partial charge in [0.25, 0.3) is 0 Å². The number of nitrogens with zero attached hydrogens (tertiary/aromatic N) is 2. The fourth-order valence-electron chi connectivity index (χ4n) is 2.45. The highest BCUT2D eigenvalue weighted by Gasteiger charge is 2.15. The number of anilines is 1. The van der Waals surface area contributed by atoms with Crippen molar-refractivity contribution in [2.45, 2.75) is 6.92 Å². The number of methoxy groups -OCH3 is 2. The minimum absolute atomic E-state index is 0.232. The molecule has 0 atom stereocenters. The average molecular weight is 397 g/mol. The van der Waals surface area contributed by atoms with Crippen LogP contribution in [-0.2, 0) is 4.79 Å². The minimum atomic E-state index is -0.460. The van der Waals surface area contributed by atoms with Crippen molar-refractivity contribution < 1.29 is 19.0 Å². The Morgan fingerprint density at radius 2 is 1.82 bits per heavy atom. The van der Waals surface area contributed by atoms with Gasteiger partial charge in [0.1, 0.15) is 0 Å². The standard InChI is InChI=1S/C20H19N3O4S/c1-13(24)27-19-17(25-2)9-14(10-18(19)26-3)11-21-23-20-22-16(12-28-20)15-7-5-4-6-8-15/h4-12H,1-3H3,(H,22,23)/b21-11-. The van der Waals surface area contributed by atoms with Crippen LogP contribution in [0.5, 0.6) is 17.2 Å². The molecule has 3 rings (SSSR count). The summed E-state index contributed by atoms with van der Waals surface area (Å²) in [6, 6.07) is 13.3. The molecule has 0 bridgehead atoms. The van der Waals surface area contributed by atoms with Crippen LogP contribution in [0.4, 0.5) is 5.13 Å². The molecule has 3 aromatic rings. The second kappa shape index (κ2) is 9.01. The van der Waals surface area contributed by atoms with Gasteiger partial charge in [0.05, 0.1) is 26.1 Å². The van der Waals surface area contributed by atoms with Crippen molar-refractivity contribution in [3.05, 3.63) is 53.4 Å². The van der Waals surface area contributed by atoms with Crippen LogP contribution in [0, 0.1) is 0 Å². The van der Waals surface area contributed by atoms with Crippen molar-refractivity contribution in [3.8, 4) is 28.5 Å². The smallest absolute Gasteiger partial charge is 0.308 e. The number of aromatic nitrogens is 1. The number of nitrogens with one attached hydrogen (secondary N) is 1. The fraction of sp³-hybridized carbons (Fsp3) is 0.150. The van der Waals surface area contributed by atoms with Gasteiger partial charge in [0.15, 0.2) is 11.5 Å². The molecule has 0 aliphatic rings. The van der Waals surface area contributed by atoms with E-state index in [2.05, 4.69) is 15.5 Å². The van der Waals surface area contributed by atoms with Gasteiger partial charge in [-0.05, 0) is 12.1 Å². The summed E-state index contributed by atoms with van der Waals surface area (Å²) in [6.45, 7) is 1.32. The maximum Gasteiger partial charge on any atom is 0.308 e. The number of hydrogen-bond acceptors (Lipinski definition) is 8. The average Bonchev–Trinajstić information content (AvgIpc) is 3.18. The van der Waals surface area contributed by atoms with Crippen molar-refractivity contribution in [2.24, 2.45) is 5.10 Å². The minimum Gasteiger partial charge on any atom is -0.493 e. The molecule has 0 fully saturated rings. The maximum absolute atomic E-state index is 11.3. The second-order valence-corrected chi connectivity index (χ2v) is 6.48. The zero-order valence-corrected chi connectivity index (χ0v) is 16.4. The molecular formula is C20H19N3O4S. The molecule has 0 saturated carbocycles. The van der Waals surface area contributed by atoms with E-state index in [9.17, 15) is 4.79 Å². The third-order valence-electron chi connectivity index (χ3n) is 3.68. The van der Waals surface area contributed by atoms with Crippen molar-refractivity contribution in [1.29, 1.82) is 0 Å². The van der Waals surface area contributed by atoms with Crippen LogP contribution in [0.1, 0.15) is 12.5 Å². The topological polar surface area (TPSA) is 82.0 Å². The Hall–Kier alpha value is -3.39. The molecule has 2 aromatic carbocycles. The van der Waals surface area contributed by atoms with E-state index in [1.807, 2.05) is 35.7 Å². The molecule has 1 heterocycles. The van der Waals surface area contributed by atoms with Crippen molar-refractivity contribution in [1.82, 2.24) is 4.98 Å². The van der Waals surface area contributed by atoms with Gasteiger partial charge in [-0.3, -0.25) is 10.2 Å². The van der Waals surface area contributed by atoms with E-state index in [0.717, 1.165) is 11.3 Å². The van der Waals surface area contributed by atoms with Gasteiger partial charge in [-0.1, -0.05) is 30.3 Å². The van der Waals surface area contributed by atoms with E-state index >= 15 is 0 Å². The molecule has 28 heavy (non-hydrogen) atoms. The molecular weight excluding hydrogens is 378 g/mol. The third kappa shape index (κ3) is 4.66. The van der Waals surface area contributed by atoms with Crippen LogP contribution in [0.25, 0.3) is 11.3 Å². The normalized spacial score (nSPS) is 10.7. The summed E-state index contributed by atoms with van der Waals surface area (Å²) in [5, 5.41) is 6.85. The number of carbonyl (C=O) groups excluding carboxylic acids is 1. The van der Waals surface area contributed by atoms with Crippen LogP contribution >= 0.6 is 11.3 Å². The van der Waals surface area contributed by atoms with Crippen LogP contribution in [0.2, 0.25) is 0 Å². The molecule has 0 aliphatic carbocycles. The van der Waals surface area contributed by atoms with E-state index in [0.29, 0.717) is 22.2 Å². The number of hydrogen-bond donors (Lipinski definition) is 1. The van der Waals surface area contributed by atoms with E-state index in [1.54, 1.807) is 18.3 Å². The lowest BCUT2D eigenvalue weighted by Crippen LogP contribution is -2.05. The predicted molar refractivity (Wildman–Crippen MR) is 110 cm³/mol. The summed E-state index contributed by atoms with van der Waals surface area (Å²) in [5.41, 5.74) is 5.55. The van der Waals surface area contributed by atoms with Gasteiger partial charge >= 0.3 is 5.97 Å². The van der Waals surface area contributed by atoms with E-state index in [-0.39, 0.29) is 5.75 Å². The van der Waals surface area contributed by atoms with Gasteiger partial charge in [-0.25, -0.2) is 4.98 Å². The Morgan fingerprint density at radius 1 is 1.14 bits per heavy atom. The highest BCUT2D eigenvalue weighted by molar-refractivity contribution is 7.14. The van der Waals surface area contributed by atoms with Gasteiger partial charge in [0, 0.05) is 23.4 Å². The summed E-state index contributed by atoms with van der Waals surface area (Å²) in [4.78, 5) is 15.8. The molecule has 7 nitrogen and oxygen atoms in total. The Labute approximate surface area is 166 Å². The number of esters is 1. The molecule has 0 spiro atoms. The monoisotopic (exact) mass is 397 g/mol. The molecule has 144 valence electrons. The Morgan fingerprint density at radius 3 is 2.43 bits per heavy atom. The first-order valence-electron chi connectivity index (χ1n) is 8.35. The summed E-state index contributed by atoms with van der Waals surface area (Å²) in [6.07, 6.45) is 1.60. The molecule has 0 saturated heterocycles. The van der Waals surface area contributed by atoms with E-state index < -0.39 is 5.97 Å². The molecule has 1 N–H and O–H groups in total. The third-order valence-corrected chi connectivity index (χ3v) is 4.42. The zero-order chi connectivity index (χ0) is 19.9. The quantitative estimate of drug-likeness (QED) is 0.278. The Kier molecular flexibility index (Phi) is 6.23. The van der Waals surface area contributed by atoms with Gasteiger partial charge in [-0.15, -0.1) is 11.3 Å². The Bertz CT molecular complexity index is 961. The lowest BCUT2D eigenvalue weighted by Gasteiger charge is -2.13. The maximum atomic E-state index is 11.3. The highest BCUT2D eigenvalue weighted by atomic mass is 32.1. The highest BCUT2D eigenvalue weighted by Crippen LogP contribution is 2.38. The molecule has 1 aromatic heterocycles. The number of thiazole rings is 1. The number of carbonyl (C=O) groups is 1.